The van der Waals surface area contributed by atoms with E-state index in [0.29, 0.717) is 0 Å². The van der Waals surface area contributed by atoms with Crippen LogP contribution in [0.1, 0.15) is 116 Å². The normalized spacial score (nSPS) is 24.0. The Bertz CT molecular complexity index is 533. The van der Waals surface area contributed by atoms with Gasteiger partial charge in [-0.3, -0.25) is 0 Å². The third-order valence-electron chi connectivity index (χ3n) is 11.1. The Morgan fingerprint density at radius 1 is 0.159 bits per heavy atom. The standard InChI is InChI=1S/C6H13N.C6H12O.C6H12S.C5H12N2.C5H11NO.C5H11NS.C5H10O2.C5H10OS.C5H10S2.C4H9NS/c3*1-2-4-6-7-5-3-1;1-2-6-4-5-7-3-1;2*1-2-6-3-5-7-4-1;1-2-6-4-5-7-3-1;1-2-6-3-5-7-4-1;1-2-6-4-5-7-3-1;1-3-6-4-2-5-1/h7H,1-6H2;2*1-6H2;6-7H,1-5H2;2*6H,1-5H2;3*1-5H2;5H,1-4H2. The molecule has 414 valence electrons. The van der Waals surface area contributed by atoms with Crippen molar-refractivity contribution in [2.24, 2.45) is 0 Å². The molecule has 0 atom stereocenters. The van der Waals surface area contributed by atoms with Crippen LogP contribution in [0.4, 0.5) is 0 Å². The zero-order valence-electron chi connectivity index (χ0n) is 44.3. The van der Waals surface area contributed by atoms with Gasteiger partial charge in [-0.05, 0) is 151 Å². The van der Waals surface area contributed by atoms with Crippen molar-refractivity contribution >= 4 is 70.6 Å². The lowest BCUT2D eigenvalue weighted by Gasteiger charge is -2.08. The molecular formula is C52H110N6O5S6. The van der Waals surface area contributed by atoms with Gasteiger partial charge in [0.25, 0.3) is 0 Å². The molecule has 0 saturated carbocycles. The summed E-state index contributed by atoms with van der Waals surface area (Å²) >= 11 is 12.4. The van der Waals surface area contributed by atoms with Crippen molar-refractivity contribution in [2.75, 3.05) is 214 Å². The van der Waals surface area contributed by atoms with Crippen molar-refractivity contribution < 1.29 is 23.7 Å². The zero-order chi connectivity index (χ0) is 48.8. The minimum Gasteiger partial charge on any atom is -0.381 e. The van der Waals surface area contributed by atoms with Gasteiger partial charge in [0.05, 0.1) is 26.4 Å². The van der Waals surface area contributed by atoms with Gasteiger partial charge < -0.3 is 55.6 Å². The van der Waals surface area contributed by atoms with Crippen LogP contribution in [0, 0.1) is 0 Å². The second-order valence-corrected chi connectivity index (χ2v) is 24.9. The molecule has 10 saturated heterocycles. The van der Waals surface area contributed by atoms with E-state index in [1.54, 1.807) is 0 Å². The maximum atomic E-state index is 5.19. The first-order valence-electron chi connectivity index (χ1n) is 28.1. The van der Waals surface area contributed by atoms with Crippen LogP contribution in [0.15, 0.2) is 0 Å². The van der Waals surface area contributed by atoms with Gasteiger partial charge in [0.2, 0.25) is 0 Å². The van der Waals surface area contributed by atoms with Crippen LogP contribution in [0.3, 0.4) is 0 Å². The lowest BCUT2D eigenvalue weighted by atomic mass is 10.2. The summed E-state index contributed by atoms with van der Waals surface area (Å²) in [6, 6.07) is 0. The molecule has 0 bridgehead atoms. The van der Waals surface area contributed by atoms with Gasteiger partial charge in [0.1, 0.15) is 0 Å². The molecule has 10 rings (SSSR count). The molecule has 10 aliphatic heterocycles. The Labute approximate surface area is 452 Å². The summed E-state index contributed by atoms with van der Waals surface area (Å²) in [4.78, 5) is 0. The van der Waals surface area contributed by atoms with Crippen molar-refractivity contribution in [3.63, 3.8) is 0 Å². The highest BCUT2D eigenvalue weighted by Gasteiger charge is 2.00. The van der Waals surface area contributed by atoms with Crippen LogP contribution in [-0.2, 0) is 23.7 Å². The van der Waals surface area contributed by atoms with Crippen LogP contribution in [0.2, 0.25) is 0 Å². The third-order valence-corrected chi connectivity index (χ3v) is 17.8. The van der Waals surface area contributed by atoms with Crippen molar-refractivity contribution in [3.8, 4) is 0 Å². The Hall–Kier alpha value is 1.66. The Balaban J connectivity index is 0.000000383. The largest absolute Gasteiger partial charge is 0.381 e. The summed E-state index contributed by atoms with van der Waals surface area (Å²) in [7, 11) is 0. The third kappa shape index (κ3) is 63.9. The average molecular weight is 1090 g/mol. The highest BCUT2D eigenvalue weighted by atomic mass is 32.2. The van der Waals surface area contributed by atoms with Crippen LogP contribution < -0.4 is 31.9 Å². The fourth-order valence-electron chi connectivity index (χ4n) is 7.08. The Morgan fingerprint density at radius 2 is 0.522 bits per heavy atom. The summed E-state index contributed by atoms with van der Waals surface area (Å²) in [5.41, 5.74) is 0. The lowest BCUT2D eigenvalue weighted by molar-refractivity contribution is 0.103. The summed E-state index contributed by atoms with van der Waals surface area (Å²) in [6.45, 7) is 23.2. The van der Waals surface area contributed by atoms with Crippen molar-refractivity contribution in [1.82, 2.24) is 31.9 Å². The van der Waals surface area contributed by atoms with E-state index < -0.39 is 0 Å². The van der Waals surface area contributed by atoms with Gasteiger partial charge in [-0.1, -0.05) is 38.5 Å². The molecule has 11 nitrogen and oxygen atoms in total. The Kier molecular flexibility index (Phi) is 65.5. The van der Waals surface area contributed by atoms with E-state index in [9.17, 15) is 0 Å². The summed E-state index contributed by atoms with van der Waals surface area (Å²) in [5.74, 6) is 16.1. The summed E-state index contributed by atoms with van der Waals surface area (Å²) < 4.78 is 25.6. The summed E-state index contributed by atoms with van der Waals surface area (Å²) in [5, 5.41) is 19.7. The monoisotopic (exact) mass is 1090 g/mol. The van der Waals surface area contributed by atoms with Crippen LogP contribution >= 0.6 is 70.6 Å². The van der Waals surface area contributed by atoms with Crippen molar-refractivity contribution in [3.05, 3.63) is 0 Å². The second-order valence-electron chi connectivity index (χ2n) is 17.6. The fraction of sp³-hybridized carbons (Fsp3) is 1.00. The van der Waals surface area contributed by atoms with Crippen molar-refractivity contribution in [2.45, 2.75) is 116 Å². The molecule has 10 heterocycles. The van der Waals surface area contributed by atoms with Crippen LogP contribution in [0.5, 0.6) is 0 Å². The van der Waals surface area contributed by atoms with Gasteiger partial charge in [0.15, 0.2) is 0 Å². The smallest absolute Gasteiger partial charge is 0.0700 e. The van der Waals surface area contributed by atoms with Gasteiger partial charge in [-0.15, -0.1) is 0 Å². The van der Waals surface area contributed by atoms with Crippen LogP contribution in [-0.4, -0.2) is 214 Å². The molecule has 0 aromatic carbocycles. The number of ether oxygens (including phenoxy) is 5. The minimum absolute atomic E-state index is 0.778. The number of thioether (sulfide) groups is 6. The molecule has 0 aromatic heterocycles. The number of hydrogen-bond donors (Lipinski definition) is 6. The predicted molar refractivity (Wildman–Crippen MR) is 318 cm³/mol. The molecule has 6 N–H and O–H groups in total. The molecule has 10 aliphatic rings. The molecule has 0 radical (unpaired) electrons. The van der Waals surface area contributed by atoms with Gasteiger partial charge in [0, 0.05) is 113 Å². The fourth-order valence-corrected chi connectivity index (χ4v) is 12.7. The number of nitrogens with one attached hydrogen (secondary N) is 6. The lowest BCUT2D eigenvalue weighted by Crippen LogP contribution is -2.24. The maximum absolute atomic E-state index is 5.19. The first-order chi connectivity index (χ1) is 34.5. The SMILES string of the molecule is C1CCCNCC1.C1CCCOCC1.C1CCCSCC1.C1CNCCNC1.C1CNCCOC1.C1CNCCSC1.C1COCCOC1.C1COCCSC1.C1CSCCN1.C1CSCCSC1. The second kappa shape index (κ2) is 65.8. The van der Waals surface area contributed by atoms with Crippen molar-refractivity contribution in [1.29, 1.82) is 0 Å². The van der Waals surface area contributed by atoms with E-state index >= 15 is 0 Å². The van der Waals surface area contributed by atoms with E-state index in [-0.39, 0.29) is 0 Å². The zero-order valence-corrected chi connectivity index (χ0v) is 49.2. The summed E-state index contributed by atoms with van der Waals surface area (Å²) in [6.07, 6.45) is 24.4. The molecule has 0 spiro atoms. The predicted octanol–water partition coefficient (Wildman–Crippen LogP) is 9.04. The molecule has 69 heavy (non-hydrogen) atoms. The Morgan fingerprint density at radius 3 is 1.17 bits per heavy atom. The minimum atomic E-state index is 0.778. The quantitative estimate of drug-likeness (QED) is 0.138. The molecule has 0 aromatic rings. The average Bonchev–Trinajstić information content (AvgIpc) is 4.23. The molecule has 17 heteroatoms. The molecule has 0 amide bonds. The van der Waals surface area contributed by atoms with Gasteiger partial charge in [-0.2, -0.15) is 70.6 Å². The first-order valence-corrected chi connectivity index (χ1v) is 35.0. The molecule has 0 aliphatic carbocycles. The van der Waals surface area contributed by atoms with Gasteiger partial charge in [-0.25, -0.2) is 0 Å². The topological polar surface area (TPSA) is 118 Å². The number of hydrogen-bond acceptors (Lipinski definition) is 17. The maximum Gasteiger partial charge on any atom is 0.0700 e. The van der Waals surface area contributed by atoms with E-state index in [4.69, 9.17) is 23.7 Å². The number of rotatable bonds is 0. The molecule has 0 unspecified atom stereocenters. The van der Waals surface area contributed by atoms with Crippen LogP contribution in [0.25, 0.3) is 0 Å². The van der Waals surface area contributed by atoms with Gasteiger partial charge >= 0.3 is 0 Å². The van der Waals surface area contributed by atoms with E-state index in [0.717, 1.165) is 98.7 Å². The van der Waals surface area contributed by atoms with E-state index in [1.807, 2.05) is 23.5 Å². The highest BCUT2D eigenvalue weighted by molar-refractivity contribution is 8.03. The van der Waals surface area contributed by atoms with E-state index in [1.165, 1.54) is 231 Å². The highest BCUT2D eigenvalue weighted by Crippen LogP contribution is 2.16. The first kappa shape index (κ1) is 68.7. The molecule has 10 fully saturated rings. The van der Waals surface area contributed by atoms with E-state index in [2.05, 4.69) is 78.9 Å². The molecular weight excluding hydrogens is 981 g/mol.